The summed E-state index contributed by atoms with van der Waals surface area (Å²) in [5, 5.41) is 6.98. The fourth-order valence-corrected chi connectivity index (χ4v) is 1.32. The molecule has 0 aliphatic rings. The van der Waals surface area contributed by atoms with Crippen LogP contribution < -0.4 is 5.73 Å². The van der Waals surface area contributed by atoms with Gasteiger partial charge < -0.3 is 5.73 Å². The standard InChI is InChI=1S/C8H11N5/c1-2-3-5-6-7(13-12-5)8(9)11-4-10-6/h4H,2-3H2,1H3,(H,12,13)(H2,9,10,11). The Kier molecular flexibility index (Phi) is 1.84. The van der Waals surface area contributed by atoms with Crippen LogP contribution in [0.15, 0.2) is 6.33 Å². The summed E-state index contributed by atoms with van der Waals surface area (Å²) in [6.07, 6.45) is 3.46. The van der Waals surface area contributed by atoms with E-state index < -0.39 is 0 Å². The number of hydrogen-bond acceptors (Lipinski definition) is 4. The van der Waals surface area contributed by atoms with E-state index in [9.17, 15) is 0 Å². The summed E-state index contributed by atoms with van der Waals surface area (Å²) in [5.74, 6) is 0.434. The molecule has 0 spiro atoms. The summed E-state index contributed by atoms with van der Waals surface area (Å²) >= 11 is 0. The molecule has 2 rings (SSSR count). The average molecular weight is 177 g/mol. The van der Waals surface area contributed by atoms with Crippen molar-refractivity contribution in [3.63, 3.8) is 0 Å². The summed E-state index contributed by atoms with van der Waals surface area (Å²) in [4.78, 5) is 8.00. The number of anilines is 1. The molecule has 0 unspecified atom stereocenters. The monoisotopic (exact) mass is 177 g/mol. The Balaban J connectivity index is 2.61. The number of nitrogens with one attached hydrogen (secondary N) is 1. The van der Waals surface area contributed by atoms with Gasteiger partial charge in [-0.3, -0.25) is 5.10 Å². The first-order chi connectivity index (χ1) is 6.33. The number of fused-ring (bicyclic) bond motifs is 1. The predicted molar refractivity (Wildman–Crippen MR) is 50.1 cm³/mol. The van der Waals surface area contributed by atoms with Crippen molar-refractivity contribution in [3.05, 3.63) is 12.0 Å². The topological polar surface area (TPSA) is 80.5 Å². The number of hydrogen-bond donors (Lipinski definition) is 2. The van der Waals surface area contributed by atoms with Crippen LogP contribution >= 0.6 is 0 Å². The number of H-pyrrole nitrogens is 1. The molecule has 68 valence electrons. The van der Waals surface area contributed by atoms with Gasteiger partial charge in [0.25, 0.3) is 0 Å². The third-order valence-electron chi connectivity index (χ3n) is 1.94. The van der Waals surface area contributed by atoms with Gasteiger partial charge in [-0.25, -0.2) is 9.97 Å². The molecule has 0 saturated heterocycles. The molecule has 0 atom stereocenters. The highest BCUT2D eigenvalue weighted by atomic mass is 15.1. The molecule has 0 bridgehead atoms. The highest BCUT2D eigenvalue weighted by Gasteiger charge is 2.08. The fraction of sp³-hybridized carbons (Fsp3) is 0.375. The maximum atomic E-state index is 5.63. The molecule has 2 heterocycles. The molecule has 0 fully saturated rings. The Morgan fingerprint density at radius 1 is 1.38 bits per heavy atom. The van der Waals surface area contributed by atoms with Gasteiger partial charge in [0.2, 0.25) is 0 Å². The molecule has 0 aromatic carbocycles. The first-order valence-electron chi connectivity index (χ1n) is 4.26. The Bertz CT molecular complexity index is 419. The van der Waals surface area contributed by atoms with Gasteiger partial charge in [-0.1, -0.05) is 13.3 Å². The Morgan fingerprint density at radius 2 is 2.23 bits per heavy atom. The molecule has 5 heteroatoms. The van der Waals surface area contributed by atoms with Gasteiger partial charge in [0, 0.05) is 0 Å². The van der Waals surface area contributed by atoms with E-state index in [1.165, 1.54) is 6.33 Å². The van der Waals surface area contributed by atoms with Gasteiger partial charge in [0.1, 0.15) is 11.8 Å². The van der Waals surface area contributed by atoms with Crippen LogP contribution in [0.2, 0.25) is 0 Å². The van der Waals surface area contributed by atoms with Crippen LogP contribution in [0.3, 0.4) is 0 Å². The molecule has 0 saturated carbocycles. The smallest absolute Gasteiger partial charge is 0.155 e. The fourth-order valence-electron chi connectivity index (χ4n) is 1.32. The Hall–Kier alpha value is -1.65. The van der Waals surface area contributed by atoms with Crippen LogP contribution in [0.4, 0.5) is 5.82 Å². The van der Waals surface area contributed by atoms with Gasteiger partial charge in [-0.2, -0.15) is 5.10 Å². The zero-order chi connectivity index (χ0) is 9.26. The zero-order valence-corrected chi connectivity index (χ0v) is 7.41. The second-order valence-electron chi connectivity index (χ2n) is 2.91. The molecule has 2 aromatic heterocycles. The van der Waals surface area contributed by atoms with Gasteiger partial charge in [0.05, 0.1) is 5.69 Å². The zero-order valence-electron chi connectivity index (χ0n) is 7.41. The van der Waals surface area contributed by atoms with Gasteiger partial charge in [-0.05, 0) is 6.42 Å². The van der Waals surface area contributed by atoms with Gasteiger partial charge >= 0.3 is 0 Å². The first-order valence-corrected chi connectivity index (χ1v) is 4.26. The second-order valence-corrected chi connectivity index (χ2v) is 2.91. The molecular weight excluding hydrogens is 166 g/mol. The molecule has 5 nitrogen and oxygen atoms in total. The number of aromatic nitrogens is 4. The minimum atomic E-state index is 0.434. The second kappa shape index (κ2) is 3.01. The predicted octanol–water partition coefficient (Wildman–Crippen LogP) is 0.888. The molecule has 0 amide bonds. The lowest BCUT2D eigenvalue weighted by molar-refractivity contribution is 0.871. The van der Waals surface area contributed by atoms with Crippen LogP contribution in [0.25, 0.3) is 11.0 Å². The minimum Gasteiger partial charge on any atom is -0.382 e. The number of nitrogens with two attached hydrogens (primary N) is 1. The highest BCUT2D eigenvalue weighted by Crippen LogP contribution is 2.17. The average Bonchev–Trinajstić information content (AvgIpc) is 2.51. The van der Waals surface area contributed by atoms with E-state index >= 15 is 0 Å². The lowest BCUT2D eigenvalue weighted by Gasteiger charge is -1.93. The summed E-state index contributed by atoms with van der Waals surface area (Å²) in [6, 6.07) is 0. The largest absolute Gasteiger partial charge is 0.382 e. The summed E-state index contributed by atoms with van der Waals surface area (Å²) < 4.78 is 0. The molecule has 0 aliphatic heterocycles. The summed E-state index contributed by atoms with van der Waals surface area (Å²) in [5.41, 5.74) is 8.18. The lowest BCUT2D eigenvalue weighted by atomic mass is 10.2. The van der Waals surface area contributed by atoms with Crippen LogP contribution in [0.5, 0.6) is 0 Å². The Labute approximate surface area is 75.4 Å². The first kappa shape index (κ1) is 7.97. The van der Waals surface area contributed by atoms with Crippen molar-refractivity contribution in [3.8, 4) is 0 Å². The summed E-state index contributed by atoms with van der Waals surface area (Å²) in [6.45, 7) is 2.11. The van der Waals surface area contributed by atoms with Crippen LogP contribution in [-0.2, 0) is 6.42 Å². The van der Waals surface area contributed by atoms with E-state index in [4.69, 9.17) is 5.73 Å². The van der Waals surface area contributed by atoms with E-state index in [-0.39, 0.29) is 0 Å². The lowest BCUT2D eigenvalue weighted by Crippen LogP contribution is -1.92. The normalized spacial score (nSPS) is 10.8. The molecule has 2 aromatic rings. The van der Waals surface area contributed by atoms with Crippen LogP contribution in [0.1, 0.15) is 19.0 Å². The van der Waals surface area contributed by atoms with E-state index in [0.29, 0.717) is 11.3 Å². The van der Waals surface area contributed by atoms with Crippen molar-refractivity contribution >= 4 is 16.9 Å². The van der Waals surface area contributed by atoms with Crippen molar-refractivity contribution in [2.45, 2.75) is 19.8 Å². The quantitative estimate of drug-likeness (QED) is 0.713. The molecule has 3 N–H and O–H groups in total. The van der Waals surface area contributed by atoms with Crippen molar-refractivity contribution in [1.29, 1.82) is 0 Å². The van der Waals surface area contributed by atoms with Crippen molar-refractivity contribution < 1.29 is 0 Å². The molecular formula is C8H11N5. The third kappa shape index (κ3) is 1.22. The van der Waals surface area contributed by atoms with Crippen molar-refractivity contribution in [2.24, 2.45) is 0 Å². The number of nitrogen functional groups attached to an aromatic ring is 1. The number of aryl methyl sites for hydroxylation is 1. The molecule has 0 aliphatic carbocycles. The SMILES string of the molecule is CCCc1[nH]nc2c(N)ncnc12. The van der Waals surface area contributed by atoms with Crippen molar-refractivity contribution in [1.82, 2.24) is 20.2 Å². The van der Waals surface area contributed by atoms with Gasteiger partial charge in [0.15, 0.2) is 11.3 Å². The van der Waals surface area contributed by atoms with E-state index in [1.807, 2.05) is 0 Å². The maximum Gasteiger partial charge on any atom is 0.155 e. The van der Waals surface area contributed by atoms with Gasteiger partial charge in [-0.15, -0.1) is 0 Å². The van der Waals surface area contributed by atoms with E-state index in [0.717, 1.165) is 24.1 Å². The molecule has 0 radical (unpaired) electrons. The maximum absolute atomic E-state index is 5.63. The van der Waals surface area contributed by atoms with Crippen LogP contribution in [0, 0.1) is 0 Å². The van der Waals surface area contributed by atoms with Crippen LogP contribution in [-0.4, -0.2) is 20.2 Å². The Morgan fingerprint density at radius 3 is 3.00 bits per heavy atom. The van der Waals surface area contributed by atoms with Crippen molar-refractivity contribution in [2.75, 3.05) is 5.73 Å². The van der Waals surface area contributed by atoms with E-state index in [1.54, 1.807) is 0 Å². The number of nitrogens with zero attached hydrogens (tertiary/aromatic N) is 3. The third-order valence-corrected chi connectivity index (χ3v) is 1.94. The number of rotatable bonds is 2. The van der Waals surface area contributed by atoms with E-state index in [2.05, 4.69) is 27.1 Å². The molecule has 13 heavy (non-hydrogen) atoms. The number of aromatic amines is 1. The highest BCUT2D eigenvalue weighted by molar-refractivity contribution is 5.85. The summed E-state index contributed by atoms with van der Waals surface area (Å²) in [7, 11) is 0. The minimum absolute atomic E-state index is 0.434.